The number of H-pyrrole nitrogens is 1. The van der Waals surface area contributed by atoms with Crippen LogP contribution in [0.3, 0.4) is 0 Å². The monoisotopic (exact) mass is 228 g/mol. The SMILES string of the molecule is CSc1nc2[nH]cc(CC(=O)O)c2s1. The highest BCUT2D eigenvalue weighted by Crippen LogP contribution is 2.30. The Labute approximate surface area is 88.4 Å². The Balaban J connectivity index is 2.44. The fraction of sp³-hybridized carbons (Fsp3) is 0.250. The quantitative estimate of drug-likeness (QED) is 0.788. The van der Waals surface area contributed by atoms with Crippen LogP contribution in [-0.4, -0.2) is 27.3 Å². The van der Waals surface area contributed by atoms with Crippen molar-refractivity contribution in [2.24, 2.45) is 0 Å². The number of thiazole rings is 1. The van der Waals surface area contributed by atoms with Gasteiger partial charge in [0, 0.05) is 11.8 Å². The number of carboxylic acids is 1. The van der Waals surface area contributed by atoms with Crippen molar-refractivity contribution in [3.05, 3.63) is 11.8 Å². The summed E-state index contributed by atoms with van der Waals surface area (Å²) in [6.45, 7) is 0. The molecule has 2 aromatic heterocycles. The number of hydrogen-bond acceptors (Lipinski definition) is 4. The zero-order valence-corrected chi connectivity index (χ0v) is 9.04. The maximum atomic E-state index is 10.6. The van der Waals surface area contributed by atoms with Crippen molar-refractivity contribution >= 4 is 39.4 Å². The van der Waals surface area contributed by atoms with Gasteiger partial charge in [-0.05, 0) is 6.26 Å². The largest absolute Gasteiger partial charge is 0.481 e. The summed E-state index contributed by atoms with van der Waals surface area (Å²) in [7, 11) is 0. The Hall–Kier alpha value is -1.01. The normalized spacial score (nSPS) is 10.9. The fourth-order valence-corrected chi connectivity index (χ4v) is 2.76. The highest BCUT2D eigenvalue weighted by molar-refractivity contribution is 8.00. The van der Waals surface area contributed by atoms with Crippen LogP contribution in [0.5, 0.6) is 0 Å². The van der Waals surface area contributed by atoms with Crippen LogP contribution in [0.4, 0.5) is 0 Å². The third-order valence-electron chi connectivity index (χ3n) is 1.80. The van der Waals surface area contributed by atoms with E-state index in [1.54, 1.807) is 18.0 Å². The third-order valence-corrected chi connectivity index (χ3v) is 3.91. The second kappa shape index (κ2) is 3.62. The molecule has 0 aliphatic rings. The van der Waals surface area contributed by atoms with Crippen LogP contribution in [0.2, 0.25) is 0 Å². The highest BCUT2D eigenvalue weighted by Gasteiger charge is 2.11. The van der Waals surface area contributed by atoms with Gasteiger partial charge >= 0.3 is 5.97 Å². The van der Waals surface area contributed by atoms with Crippen LogP contribution in [0.15, 0.2) is 10.5 Å². The molecule has 0 atom stereocenters. The third kappa shape index (κ3) is 1.62. The van der Waals surface area contributed by atoms with Gasteiger partial charge in [0.1, 0.15) is 5.65 Å². The minimum atomic E-state index is -0.815. The van der Waals surface area contributed by atoms with E-state index in [9.17, 15) is 4.79 Å². The van der Waals surface area contributed by atoms with Gasteiger partial charge in [-0.15, -0.1) is 11.3 Å². The molecule has 0 aliphatic heterocycles. The van der Waals surface area contributed by atoms with E-state index in [0.29, 0.717) is 0 Å². The zero-order chi connectivity index (χ0) is 10.1. The van der Waals surface area contributed by atoms with Gasteiger partial charge in [-0.1, -0.05) is 11.8 Å². The molecule has 74 valence electrons. The van der Waals surface area contributed by atoms with E-state index in [0.717, 1.165) is 20.3 Å². The molecule has 4 nitrogen and oxygen atoms in total. The maximum absolute atomic E-state index is 10.6. The minimum absolute atomic E-state index is 0.0516. The van der Waals surface area contributed by atoms with Crippen molar-refractivity contribution < 1.29 is 9.90 Å². The molecule has 14 heavy (non-hydrogen) atoms. The van der Waals surface area contributed by atoms with Crippen molar-refractivity contribution in [2.45, 2.75) is 10.8 Å². The van der Waals surface area contributed by atoms with Gasteiger partial charge in [0.05, 0.1) is 11.1 Å². The average molecular weight is 228 g/mol. The first-order valence-electron chi connectivity index (χ1n) is 3.93. The van der Waals surface area contributed by atoms with Gasteiger partial charge in [-0.3, -0.25) is 4.79 Å². The van der Waals surface area contributed by atoms with Gasteiger partial charge in [0.25, 0.3) is 0 Å². The number of aromatic nitrogens is 2. The number of carboxylic acid groups (broad SMARTS) is 1. The number of rotatable bonds is 3. The van der Waals surface area contributed by atoms with E-state index < -0.39 is 5.97 Å². The Morgan fingerprint density at radius 2 is 2.57 bits per heavy atom. The summed E-state index contributed by atoms with van der Waals surface area (Å²) in [5.74, 6) is -0.815. The predicted molar refractivity (Wildman–Crippen MR) is 57.1 cm³/mol. The van der Waals surface area contributed by atoms with Gasteiger partial charge in [0.2, 0.25) is 0 Å². The minimum Gasteiger partial charge on any atom is -0.481 e. The van der Waals surface area contributed by atoms with Gasteiger partial charge in [0.15, 0.2) is 4.34 Å². The first kappa shape index (κ1) is 9.54. The van der Waals surface area contributed by atoms with E-state index in [4.69, 9.17) is 5.11 Å². The van der Waals surface area contributed by atoms with Crippen molar-refractivity contribution in [1.82, 2.24) is 9.97 Å². The van der Waals surface area contributed by atoms with E-state index in [1.807, 2.05) is 6.26 Å². The topological polar surface area (TPSA) is 66.0 Å². The molecule has 0 aromatic carbocycles. The first-order valence-corrected chi connectivity index (χ1v) is 5.97. The maximum Gasteiger partial charge on any atom is 0.307 e. The molecule has 2 aromatic rings. The molecule has 0 saturated carbocycles. The summed E-state index contributed by atoms with van der Waals surface area (Å²) in [4.78, 5) is 17.8. The Morgan fingerprint density at radius 1 is 1.79 bits per heavy atom. The number of nitrogens with one attached hydrogen (secondary N) is 1. The predicted octanol–water partition coefficient (Wildman–Crippen LogP) is 1.97. The second-order valence-electron chi connectivity index (χ2n) is 2.75. The van der Waals surface area contributed by atoms with Gasteiger partial charge < -0.3 is 10.1 Å². The molecule has 6 heteroatoms. The number of hydrogen-bond donors (Lipinski definition) is 2. The summed E-state index contributed by atoms with van der Waals surface area (Å²) in [5, 5.41) is 8.67. The van der Waals surface area contributed by atoms with Crippen molar-refractivity contribution in [1.29, 1.82) is 0 Å². The molecular weight excluding hydrogens is 220 g/mol. The summed E-state index contributed by atoms with van der Waals surface area (Å²) < 4.78 is 1.91. The van der Waals surface area contributed by atoms with Crippen molar-refractivity contribution in [3.8, 4) is 0 Å². The number of fused-ring (bicyclic) bond motifs is 1. The molecule has 2 heterocycles. The van der Waals surface area contributed by atoms with E-state index in [2.05, 4.69) is 9.97 Å². The molecule has 0 radical (unpaired) electrons. The molecule has 2 rings (SSSR count). The number of nitrogens with zero attached hydrogens (tertiary/aromatic N) is 1. The lowest BCUT2D eigenvalue weighted by Gasteiger charge is -1.88. The zero-order valence-electron chi connectivity index (χ0n) is 7.40. The van der Waals surface area contributed by atoms with Crippen LogP contribution in [0, 0.1) is 0 Å². The summed E-state index contributed by atoms with van der Waals surface area (Å²) >= 11 is 3.10. The van der Waals surface area contributed by atoms with Crippen LogP contribution in [-0.2, 0) is 11.2 Å². The Morgan fingerprint density at radius 3 is 3.21 bits per heavy atom. The van der Waals surface area contributed by atoms with Crippen LogP contribution in [0.25, 0.3) is 10.3 Å². The molecule has 0 fully saturated rings. The smallest absolute Gasteiger partial charge is 0.307 e. The second-order valence-corrected chi connectivity index (χ2v) is 4.80. The molecule has 0 bridgehead atoms. The molecule has 0 amide bonds. The fourth-order valence-electron chi connectivity index (χ4n) is 1.22. The number of aromatic amines is 1. The standard InChI is InChI=1S/C8H8N2O2S2/c1-13-8-10-7-6(14-8)4(3-9-7)2-5(11)12/h3,9H,2H2,1H3,(H,11,12). The van der Waals surface area contributed by atoms with Crippen molar-refractivity contribution in [3.63, 3.8) is 0 Å². The Kier molecular flexibility index (Phi) is 2.47. The molecule has 0 spiro atoms. The summed E-state index contributed by atoms with van der Waals surface area (Å²) in [6, 6.07) is 0. The van der Waals surface area contributed by atoms with Crippen LogP contribution >= 0.6 is 23.1 Å². The molecular formula is C8H8N2O2S2. The Bertz CT molecular complexity index is 475. The highest BCUT2D eigenvalue weighted by atomic mass is 32.2. The molecule has 2 N–H and O–H groups in total. The van der Waals surface area contributed by atoms with E-state index >= 15 is 0 Å². The molecule has 0 saturated heterocycles. The average Bonchev–Trinajstić information content (AvgIpc) is 2.66. The van der Waals surface area contributed by atoms with E-state index in [-0.39, 0.29) is 6.42 Å². The van der Waals surface area contributed by atoms with Crippen molar-refractivity contribution in [2.75, 3.05) is 6.26 Å². The lowest BCUT2D eigenvalue weighted by Crippen LogP contribution is -1.98. The first-order chi connectivity index (χ1) is 6.70. The lowest BCUT2D eigenvalue weighted by atomic mass is 10.2. The lowest BCUT2D eigenvalue weighted by molar-refractivity contribution is -0.136. The number of aliphatic carboxylic acids is 1. The summed E-state index contributed by atoms with van der Waals surface area (Å²) in [5.41, 5.74) is 1.60. The summed E-state index contributed by atoms with van der Waals surface area (Å²) in [6.07, 6.45) is 3.72. The molecule has 0 unspecified atom stereocenters. The van der Waals surface area contributed by atoms with Gasteiger partial charge in [-0.25, -0.2) is 4.98 Å². The van der Waals surface area contributed by atoms with Crippen LogP contribution in [0.1, 0.15) is 5.56 Å². The molecule has 0 aliphatic carbocycles. The van der Waals surface area contributed by atoms with E-state index in [1.165, 1.54) is 11.3 Å². The van der Waals surface area contributed by atoms with Gasteiger partial charge in [-0.2, -0.15) is 0 Å². The number of thioether (sulfide) groups is 1. The van der Waals surface area contributed by atoms with Crippen LogP contribution < -0.4 is 0 Å². The number of carbonyl (C=O) groups is 1.